The first-order valence-electron chi connectivity index (χ1n) is 20.5. The molecule has 0 aromatic rings. The van der Waals surface area contributed by atoms with Gasteiger partial charge in [-0.2, -0.15) is 0 Å². The molecule has 0 amide bonds. The number of phosphoric ester groups is 1. The number of carbonyl (C=O) groups excluding carboxylic acids is 1. The molecule has 0 rings (SSSR count). The summed E-state index contributed by atoms with van der Waals surface area (Å²) in [5.41, 5.74) is 5.35. The number of nitrogens with two attached hydrogens (primary N) is 1. The van der Waals surface area contributed by atoms with E-state index in [0.717, 1.165) is 51.4 Å². The summed E-state index contributed by atoms with van der Waals surface area (Å²) in [5.74, 6) is -0.350. The second-order valence-corrected chi connectivity index (χ2v) is 14.7. The topological polar surface area (TPSA) is 117 Å². The first-order chi connectivity index (χ1) is 25.4. The number of phosphoric acid groups is 1. The van der Waals surface area contributed by atoms with E-state index >= 15 is 0 Å². The first-order valence-corrected chi connectivity index (χ1v) is 22.0. The van der Waals surface area contributed by atoms with E-state index in [1.54, 1.807) is 6.26 Å². The molecule has 0 spiro atoms. The van der Waals surface area contributed by atoms with Crippen LogP contribution in [0.2, 0.25) is 0 Å². The maximum atomic E-state index is 12.4. The van der Waals surface area contributed by atoms with Crippen molar-refractivity contribution in [2.75, 3.05) is 26.4 Å². The van der Waals surface area contributed by atoms with Crippen LogP contribution in [0.15, 0.2) is 73.1 Å². The van der Waals surface area contributed by atoms with Crippen molar-refractivity contribution in [1.82, 2.24) is 0 Å². The number of allylic oxidation sites excluding steroid dienone is 11. The molecule has 0 fully saturated rings. The smallest absolute Gasteiger partial charge is 0.472 e. The van der Waals surface area contributed by atoms with Gasteiger partial charge in [0.25, 0.3) is 0 Å². The lowest BCUT2D eigenvalue weighted by molar-refractivity contribution is -0.147. The molecule has 52 heavy (non-hydrogen) atoms. The minimum Gasteiger partial charge on any atom is -0.492 e. The van der Waals surface area contributed by atoms with Crippen LogP contribution >= 0.6 is 7.82 Å². The fourth-order valence-electron chi connectivity index (χ4n) is 5.08. The Labute approximate surface area is 318 Å². The highest BCUT2D eigenvalue weighted by molar-refractivity contribution is 7.47. The fourth-order valence-corrected chi connectivity index (χ4v) is 5.85. The monoisotopic (exact) mass is 750 g/mol. The number of hydrogen-bond acceptors (Lipinski definition) is 7. The van der Waals surface area contributed by atoms with E-state index in [1.165, 1.54) is 83.5 Å². The Morgan fingerprint density at radius 1 is 0.596 bits per heavy atom. The quantitative estimate of drug-likeness (QED) is 0.0211. The summed E-state index contributed by atoms with van der Waals surface area (Å²) in [5, 5.41) is 0. The van der Waals surface area contributed by atoms with Crippen LogP contribution in [-0.2, 0) is 27.9 Å². The Morgan fingerprint density at radius 3 is 1.60 bits per heavy atom. The minimum absolute atomic E-state index is 0.0885. The van der Waals surface area contributed by atoms with E-state index in [0.29, 0.717) is 6.42 Å². The third kappa shape index (κ3) is 39.0. The molecule has 0 aliphatic carbocycles. The van der Waals surface area contributed by atoms with E-state index < -0.39 is 13.9 Å². The van der Waals surface area contributed by atoms with Crippen LogP contribution in [0.4, 0.5) is 0 Å². The zero-order chi connectivity index (χ0) is 38.1. The maximum absolute atomic E-state index is 12.4. The molecule has 0 aromatic carbocycles. The van der Waals surface area contributed by atoms with E-state index in [1.807, 2.05) is 6.08 Å². The summed E-state index contributed by atoms with van der Waals surface area (Å²) in [7, 11) is -4.28. The van der Waals surface area contributed by atoms with Crippen molar-refractivity contribution in [2.24, 2.45) is 5.73 Å². The fraction of sp³-hybridized carbons (Fsp3) is 0.698. The van der Waals surface area contributed by atoms with E-state index in [9.17, 15) is 14.3 Å². The van der Waals surface area contributed by atoms with Gasteiger partial charge in [0.15, 0.2) is 6.10 Å². The van der Waals surface area contributed by atoms with E-state index in [4.69, 9.17) is 24.3 Å². The van der Waals surface area contributed by atoms with Gasteiger partial charge >= 0.3 is 13.8 Å². The molecular weight excluding hydrogens is 673 g/mol. The molecule has 9 heteroatoms. The molecule has 3 N–H and O–H groups in total. The third-order valence-electron chi connectivity index (χ3n) is 8.19. The van der Waals surface area contributed by atoms with Gasteiger partial charge in [-0.15, -0.1) is 0 Å². The molecule has 0 heterocycles. The molecule has 0 saturated heterocycles. The predicted molar refractivity (Wildman–Crippen MR) is 219 cm³/mol. The summed E-state index contributed by atoms with van der Waals surface area (Å²) in [6.07, 6.45) is 50.2. The summed E-state index contributed by atoms with van der Waals surface area (Å²) >= 11 is 0. The number of ether oxygens (including phenoxy) is 2. The molecule has 1 unspecified atom stereocenters. The van der Waals surface area contributed by atoms with Gasteiger partial charge in [-0.1, -0.05) is 132 Å². The lowest BCUT2D eigenvalue weighted by atomic mass is 10.1. The van der Waals surface area contributed by atoms with Crippen LogP contribution in [0.3, 0.4) is 0 Å². The van der Waals surface area contributed by atoms with Crippen LogP contribution in [0, 0.1) is 0 Å². The highest BCUT2D eigenvalue weighted by atomic mass is 31.2. The van der Waals surface area contributed by atoms with Gasteiger partial charge in [-0.3, -0.25) is 13.8 Å². The summed E-state index contributed by atoms with van der Waals surface area (Å²) in [6.45, 7) is 4.09. The third-order valence-corrected chi connectivity index (χ3v) is 9.17. The molecule has 0 bridgehead atoms. The SMILES string of the molecule is CCCCC/C=C\C/C=C\C/C=C\C/C=C\CCCC(=O)OC[C@H](COP(=O)(O)OCCN)O/C=C\CCCCCC/C=C\CCCCCCCC. The van der Waals surface area contributed by atoms with Crippen molar-refractivity contribution in [1.29, 1.82) is 0 Å². The predicted octanol–water partition coefficient (Wildman–Crippen LogP) is 12.3. The van der Waals surface area contributed by atoms with Gasteiger partial charge in [0.05, 0.1) is 19.5 Å². The van der Waals surface area contributed by atoms with Gasteiger partial charge in [-0.05, 0) is 89.5 Å². The summed E-state index contributed by atoms with van der Waals surface area (Å²) in [6, 6.07) is 0. The summed E-state index contributed by atoms with van der Waals surface area (Å²) < 4.78 is 33.1. The normalized spacial score (nSPS) is 14.2. The van der Waals surface area contributed by atoms with Crippen LogP contribution in [0.25, 0.3) is 0 Å². The Balaban J connectivity index is 4.25. The lowest BCUT2D eigenvalue weighted by Crippen LogP contribution is -2.25. The average molecular weight is 750 g/mol. The van der Waals surface area contributed by atoms with E-state index in [-0.39, 0.29) is 38.8 Å². The van der Waals surface area contributed by atoms with Gasteiger partial charge in [-0.25, -0.2) is 4.57 Å². The van der Waals surface area contributed by atoms with Crippen LogP contribution < -0.4 is 5.73 Å². The molecule has 2 atom stereocenters. The van der Waals surface area contributed by atoms with Crippen molar-refractivity contribution < 1.29 is 32.8 Å². The Kier molecular flexibility index (Phi) is 38.3. The number of hydrogen-bond donors (Lipinski definition) is 2. The van der Waals surface area contributed by atoms with Crippen LogP contribution in [0.5, 0.6) is 0 Å². The molecule has 0 saturated carbocycles. The minimum atomic E-state index is -4.28. The van der Waals surface area contributed by atoms with Crippen molar-refractivity contribution in [3.63, 3.8) is 0 Å². The number of rotatable bonds is 38. The molecule has 8 nitrogen and oxygen atoms in total. The summed E-state index contributed by atoms with van der Waals surface area (Å²) in [4.78, 5) is 22.2. The maximum Gasteiger partial charge on any atom is 0.472 e. The Bertz CT molecular complexity index is 1020. The highest BCUT2D eigenvalue weighted by Crippen LogP contribution is 2.43. The van der Waals surface area contributed by atoms with Crippen molar-refractivity contribution in [3.05, 3.63) is 73.1 Å². The van der Waals surface area contributed by atoms with Crippen molar-refractivity contribution in [3.8, 4) is 0 Å². The number of unbranched alkanes of at least 4 members (excludes halogenated alkanes) is 15. The van der Waals surface area contributed by atoms with Gasteiger partial charge in [0.2, 0.25) is 0 Å². The molecule has 300 valence electrons. The average Bonchev–Trinajstić information content (AvgIpc) is 3.14. The molecule has 0 aliphatic heterocycles. The highest BCUT2D eigenvalue weighted by Gasteiger charge is 2.24. The van der Waals surface area contributed by atoms with E-state index in [2.05, 4.69) is 74.6 Å². The van der Waals surface area contributed by atoms with Crippen LogP contribution in [0.1, 0.15) is 162 Å². The number of esters is 1. The zero-order valence-electron chi connectivity index (χ0n) is 33.0. The molecule has 0 aliphatic rings. The second-order valence-electron chi connectivity index (χ2n) is 13.2. The van der Waals surface area contributed by atoms with Gasteiger partial charge in [0.1, 0.15) is 6.61 Å². The molecular formula is C43H76NO7P. The first kappa shape index (κ1) is 49.8. The van der Waals surface area contributed by atoms with Crippen LogP contribution in [-0.4, -0.2) is 43.3 Å². The largest absolute Gasteiger partial charge is 0.492 e. The second kappa shape index (κ2) is 40.0. The molecule has 0 aromatic heterocycles. The zero-order valence-corrected chi connectivity index (χ0v) is 33.9. The Morgan fingerprint density at radius 2 is 1.04 bits per heavy atom. The standard InChI is InChI=1S/C43H76NO7P/c1-3-5-7-9-11-13-15-17-19-21-22-24-26-28-30-32-34-36-43(45)49-40-42(41-51-52(46,47)50-39-37-44)48-38-35-33-31-29-27-25-23-20-18-16-14-12-10-8-6-4-2/h11,13,17-20,22,24,28,30,35,38,42H,3-10,12,14-16,21,23,25-27,29,31-34,36-37,39-41,44H2,1-2H3,(H,46,47)/b13-11-,19-17-,20-18-,24-22-,30-28-,38-35-/t42-/m1/s1. The molecule has 0 radical (unpaired) electrons. The Hall–Kier alpha value is -2.22. The van der Waals surface area contributed by atoms with Crippen molar-refractivity contribution in [2.45, 2.75) is 168 Å². The van der Waals surface area contributed by atoms with Crippen molar-refractivity contribution >= 4 is 13.8 Å². The lowest BCUT2D eigenvalue weighted by Gasteiger charge is -2.19. The van der Waals surface area contributed by atoms with Gasteiger partial charge in [0, 0.05) is 13.0 Å². The number of carbonyl (C=O) groups is 1. The van der Waals surface area contributed by atoms with Gasteiger partial charge < -0.3 is 20.1 Å².